The number of nitrogens with one attached hydrogen (secondary N) is 1. The maximum absolute atomic E-state index is 12.6. The van der Waals surface area contributed by atoms with E-state index in [1.54, 1.807) is 14.1 Å². The topological polar surface area (TPSA) is 90.7 Å². The second kappa shape index (κ2) is 8.18. The lowest BCUT2D eigenvalue weighted by Gasteiger charge is -2.30. The molecule has 1 aromatic heterocycles. The fraction of sp³-hybridized carbons (Fsp3) is 0.722. The zero-order valence-electron chi connectivity index (χ0n) is 15.6. The molecule has 3 heterocycles. The van der Waals surface area contributed by atoms with E-state index in [4.69, 9.17) is 0 Å². The van der Waals surface area contributed by atoms with Crippen LogP contribution in [0.25, 0.3) is 0 Å². The van der Waals surface area contributed by atoms with Gasteiger partial charge in [-0.25, -0.2) is 0 Å². The number of piperidine rings is 1. The number of hydrogen-bond donors (Lipinski definition) is 2. The van der Waals surface area contributed by atoms with Crippen LogP contribution < -0.4 is 5.32 Å². The van der Waals surface area contributed by atoms with Crippen molar-refractivity contribution in [1.82, 2.24) is 24.9 Å². The molecule has 0 spiro atoms. The number of aliphatic hydroxyl groups is 1. The van der Waals surface area contributed by atoms with Crippen LogP contribution in [0.5, 0.6) is 0 Å². The molecule has 2 aliphatic rings. The van der Waals surface area contributed by atoms with Crippen LogP contribution in [0, 0.1) is 5.92 Å². The molecule has 1 atom stereocenters. The predicted octanol–water partition coefficient (Wildman–Crippen LogP) is 0.127. The Hall–Kier alpha value is -1.93. The monoisotopic (exact) mass is 363 g/mol. The molecule has 26 heavy (non-hydrogen) atoms. The van der Waals surface area contributed by atoms with E-state index in [0.29, 0.717) is 37.7 Å². The van der Waals surface area contributed by atoms with Crippen molar-refractivity contribution in [2.75, 3.05) is 33.7 Å². The first-order valence-electron chi connectivity index (χ1n) is 9.37. The van der Waals surface area contributed by atoms with E-state index >= 15 is 0 Å². The van der Waals surface area contributed by atoms with Gasteiger partial charge >= 0.3 is 0 Å². The van der Waals surface area contributed by atoms with Crippen LogP contribution in [0.1, 0.15) is 43.2 Å². The molecular formula is C18H29N5O3. The van der Waals surface area contributed by atoms with E-state index in [1.165, 1.54) is 4.90 Å². The SMILES string of the molecule is CN(C)C(=O)CC(O)c1cc2n(n1)CCN(C(=O)CC1CCNCC1)C2. The van der Waals surface area contributed by atoms with Crippen molar-refractivity contribution in [3.05, 3.63) is 17.5 Å². The van der Waals surface area contributed by atoms with Crippen molar-refractivity contribution in [1.29, 1.82) is 0 Å². The lowest BCUT2D eigenvalue weighted by Crippen LogP contribution is -2.40. The van der Waals surface area contributed by atoms with Crippen LogP contribution in [-0.4, -0.2) is 70.2 Å². The van der Waals surface area contributed by atoms with Crippen molar-refractivity contribution in [2.45, 2.75) is 44.9 Å². The number of amides is 2. The molecule has 144 valence electrons. The highest BCUT2D eigenvalue weighted by Crippen LogP contribution is 2.23. The largest absolute Gasteiger partial charge is 0.386 e. The van der Waals surface area contributed by atoms with Crippen LogP contribution in [0.15, 0.2) is 6.07 Å². The summed E-state index contributed by atoms with van der Waals surface area (Å²) in [6.07, 6.45) is 1.84. The van der Waals surface area contributed by atoms with Gasteiger partial charge < -0.3 is 20.2 Å². The van der Waals surface area contributed by atoms with Gasteiger partial charge in [0, 0.05) is 27.1 Å². The molecule has 1 saturated heterocycles. The maximum atomic E-state index is 12.6. The minimum atomic E-state index is -0.915. The Bertz CT molecular complexity index is 651. The minimum absolute atomic E-state index is 0.0157. The van der Waals surface area contributed by atoms with E-state index in [9.17, 15) is 14.7 Å². The fourth-order valence-corrected chi connectivity index (χ4v) is 3.58. The summed E-state index contributed by atoms with van der Waals surface area (Å²) < 4.78 is 1.84. The Kier molecular flexibility index (Phi) is 5.93. The zero-order chi connectivity index (χ0) is 18.7. The molecule has 8 heteroatoms. The number of carbonyl (C=O) groups excluding carboxylic acids is 2. The highest BCUT2D eigenvalue weighted by Gasteiger charge is 2.27. The molecule has 2 amide bonds. The van der Waals surface area contributed by atoms with Gasteiger partial charge in [0.25, 0.3) is 0 Å². The molecule has 2 N–H and O–H groups in total. The van der Waals surface area contributed by atoms with Gasteiger partial charge in [-0.2, -0.15) is 5.10 Å². The highest BCUT2D eigenvalue weighted by molar-refractivity contribution is 5.77. The molecule has 0 bridgehead atoms. The summed E-state index contributed by atoms with van der Waals surface area (Å²) in [5, 5.41) is 18.0. The zero-order valence-corrected chi connectivity index (χ0v) is 15.6. The first-order chi connectivity index (χ1) is 12.4. The van der Waals surface area contributed by atoms with Crippen molar-refractivity contribution >= 4 is 11.8 Å². The van der Waals surface area contributed by atoms with E-state index in [0.717, 1.165) is 31.6 Å². The molecule has 1 unspecified atom stereocenters. The minimum Gasteiger partial charge on any atom is -0.386 e. The summed E-state index contributed by atoms with van der Waals surface area (Å²) in [5.74, 6) is 0.543. The lowest BCUT2D eigenvalue weighted by molar-refractivity contribution is -0.134. The van der Waals surface area contributed by atoms with Gasteiger partial charge in [0.15, 0.2) is 0 Å². The maximum Gasteiger partial charge on any atom is 0.225 e. The molecule has 3 rings (SSSR count). The van der Waals surface area contributed by atoms with Gasteiger partial charge in [0.05, 0.1) is 30.9 Å². The third-order valence-electron chi connectivity index (χ3n) is 5.30. The van der Waals surface area contributed by atoms with Crippen molar-refractivity contribution in [3.8, 4) is 0 Å². The second-order valence-corrected chi connectivity index (χ2v) is 7.50. The summed E-state index contributed by atoms with van der Waals surface area (Å²) >= 11 is 0. The van der Waals surface area contributed by atoms with Crippen LogP contribution in [0.3, 0.4) is 0 Å². The first kappa shape index (κ1) is 18.8. The van der Waals surface area contributed by atoms with Gasteiger partial charge in [-0.1, -0.05) is 0 Å². The normalized spacial score (nSPS) is 19.1. The third kappa shape index (κ3) is 4.42. The third-order valence-corrected chi connectivity index (χ3v) is 5.30. The van der Waals surface area contributed by atoms with E-state index in [1.807, 2.05) is 15.6 Å². The van der Waals surface area contributed by atoms with E-state index in [-0.39, 0.29) is 18.2 Å². The van der Waals surface area contributed by atoms with E-state index in [2.05, 4.69) is 10.4 Å². The quantitative estimate of drug-likeness (QED) is 0.776. The number of rotatable bonds is 5. The smallest absolute Gasteiger partial charge is 0.225 e. The molecule has 0 aromatic carbocycles. The predicted molar refractivity (Wildman–Crippen MR) is 96.1 cm³/mol. The Balaban J connectivity index is 1.59. The van der Waals surface area contributed by atoms with Crippen LogP contribution in [-0.2, 0) is 22.7 Å². The summed E-state index contributed by atoms with van der Waals surface area (Å²) in [6.45, 7) is 3.78. The highest BCUT2D eigenvalue weighted by atomic mass is 16.3. The molecule has 0 radical (unpaired) electrons. The van der Waals surface area contributed by atoms with Crippen LogP contribution in [0.2, 0.25) is 0 Å². The molecule has 1 fully saturated rings. The summed E-state index contributed by atoms with van der Waals surface area (Å²) in [4.78, 5) is 27.7. The molecule has 1 aromatic rings. The van der Waals surface area contributed by atoms with E-state index < -0.39 is 6.10 Å². The number of hydrogen-bond acceptors (Lipinski definition) is 5. The van der Waals surface area contributed by atoms with Gasteiger partial charge in [-0.05, 0) is 37.9 Å². The lowest BCUT2D eigenvalue weighted by atomic mass is 9.94. The van der Waals surface area contributed by atoms with Gasteiger partial charge in [0.1, 0.15) is 6.10 Å². The number of fused-ring (bicyclic) bond motifs is 1. The van der Waals surface area contributed by atoms with Crippen LogP contribution >= 0.6 is 0 Å². The number of nitrogens with zero attached hydrogens (tertiary/aromatic N) is 4. The fourth-order valence-electron chi connectivity index (χ4n) is 3.58. The molecule has 0 saturated carbocycles. The Morgan fingerprint density at radius 3 is 2.77 bits per heavy atom. The van der Waals surface area contributed by atoms with Crippen molar-refractivity contribution in [3.63, 3.8) is 0 Å². The summed E-state index contributed by atoms with van der Waals surface area (Å²) in [5.41, 5.74) is 1.42. The van der Waals surface area contributed by atoms with Crippen molar-refractivity contribution in [2.24, 2.45) is 5.92 Å². The Labute approximate surface area is 154 Å². The number of aromatic nitrogens is 2. The summed E-state index contributed by atoms with van der Waals surface area (Å²) in [7, 11) is 3.33. The molecule has 8 nitrogen and oxygen atoms in total. The average Bonchev–Trinajstić information content (AvgIpc) is 3.05. The average molecular weight is 363 g/mol. The second-order valence-electron chi connectivity index (χ2n) is 7.50. The Morgan fingerprint density at radius 1 is 1.35 bits per heavy atom. The standard InChI is InChI=1S/C18H29N5O3/c1-21(2)17(25)11-16(24)15-10-14-12-22(7-8-23(14)20-15)18(26)9-13-3-5-19-6-4-13/h10,13,16,19,24H,3-9,11-12H2,1-2H3. The van der Waals surface area contributed by atoms with Gasteiger partial charge in [0.2, 0.25) is 11.8 Å². The number of carbonyl (C=O) groups is 2. The number of aliphatic hydroxyl groups excluding tert-OH is 1. The van der Waals surface area contributed by atoms with Crippen LogP contribution in [0.4, 0.5) is 0 Å². The molecule has 0 aliphatic carbocycles. The molecule has 2 aliphatic heterocycles. The van der Waals surface area contributed by atoms with Gasteiger partial charge in [-0.3, -0.25) is 14.3 Å². The first-order valence-corrected chi connectivity index (χ1v) is 9.37. The Morgan fingerprint density at radius 2 is 2.08 bits per heavy atom. The molecular weight excluding hydrogens is 334 g/mol. The van der Waals surface area contributed by atoms with Gasteiger partial charge in [-0.15, -0.1) is 0 Å². The summed E-state index contributed by atoms with van der Waals surface area (Å²) in [6, 6.07) is 1.82. The van der Waals surface area contributed by atoms with Crippen molar-refractivity contribution < 1.29 is 14.7 Å².